The van der Waals surface area contributed by atoms with Gasteiger partial charge in [0, 0.05) is 24.5 Å². The molecule has 0 radical (unpaired) electrons. The maximum absolute atomic E-state index is 4.15. The van der Waals surface area contributed by atoms with Crippen LogP contribution in [0.2, 0.25) is 0 Å². The van der Waals surface area contributed by atoms with E-state index in [0.717, 1.165) is 30.0 Å². The molecule has 0 saturated carbocycles. The van der Waals surface area contributed by atoms with Crippen molar-refractivity contribution in [3.05, 3.63) is 36.7 Å². The highest BCUT2D eigenvalue weighted by molar-refractivity contribution is 5.57. The van der Waals surface area contributed by atoms with Crippen LogP contribution >= 0.6 is 0 Å². The van der Waals surface area contributed by atoms with E-state index in [2.05, 4.69) is 27.4 Å². The van der Waals surface area contributed by atoms with Gasteiger partial charge in [-0.25, -0.2) is 0 Å². The van der Waals surface area contributed by atoms with Crippen LogP contribution in [0.1, 0.15) is 13.3 Å². The van der Waals surface area contributed by atoms with Gasteiger partial charge in [0.2, 0.25) is 0 Å². The average molecular weight is 214 g/mol. The lowest BCUT2D eigenvalue weighted by atomic mass is 10.2. The van der Waals surface area contributed by atoms with Crippen molar-refractivity contribution in [1.82, 2.24) is 15.2 Å². The number of aromatic nitrogens is 3. The van der Waals surface area contributed by atoms with Gasteiger partial charge in [0.15, 0.2) is 0 Å². The molecule has 82 valence electrons. The summed E-state index contributed by atoms with van der Waals surface area (Å²) in [6.07, 6.45) is 4.60. The zero-order chi connectivity index (χ0) is 11.2. The Morgan fingerprint density at radius 2 is 2.12 bits per heavy atom. The van der Waals surface area contributed by atoms with Crippen molar-refractivity contribution in [3.8, 4) is 11.3 Å². The van der Waals surface area contributed by atoms with Crippen LogP contribution in [0, 0.1) is 0 Å². The van der Waals surface area contributed by atoms with Gasteiger partial charge in [-0.15, -0.1) is 10.2 Å². The first-order valence-electron chi connectivity index (χ1n) is 5.38. The van der Waals surface area contributed by atoms with Crippen molar-refractivity contribution in [1.29, 1.82) is 0 Å². The standard InChI is InChI=1S/C12H14N4/c1-2-7-14-12-6-5-11(15-16-12)10-4-3-8-13-9-10/h3-6,8-9H,2,7H2,1H3,(H,14,16). The summed E-state index contributed by atoms with van der Waals surface area (Å²) in [7, 11) is 0. The van der Waals surface area contributed by atoms with Crippen LogP contribution in [0.5, 0.6) is 0 Å². The van der Waals surface area contributed by atoms with E-state index in [0.29, 0.717) is 0 Å². The van der Waals surface area contributed by atoms with E-state index in [1.165, 1.54) is 0 Å². The average Bonchev–Trinajstić information content (AvgIpc) is 2.38. The van der Waals surface area contributed by atoms with E-state index in [1.54, 1.807) is 12.4 Å². The number of hydrogen-bond donors (Lipinski definition) is 1. The predicted molar refractivity (Wildman–Crippen MR) is 64.0 cm³/mol. The Morgan fingerprint density at radius 1 is 1.19 bits per heavy atom. The Kier molecular flexibility index (Phi) is 3.43. The maximum atomic E-state index is 4.15. The molecule has 0 unspecified atom stereocenters. The second kappa shape index (κ2) is 5.21. The molecule has 0 aliphatic carbocycles. The Morgan fingerprint density at radius 3 is 2.75 bits per heavy atom. The van der Waals surface area contributed by atoms with Crippen LogP contribution in [0.4, 0.5) is 5.82 Å². The van der Waals surface area contributed by atoms with Crippen LogP contribution in [0.3, 0.4) is 0 Å². The van der Waals surface area contributed by atoms with Crippen molar-refractivity contribution in [2.24, 2.45) is 0 Å². The van der Waals surface area contributed by atoms with Crippen molar-refractivity contribution >= 4 is 5.82 Å². The topological polar surface area (TPSA) is 50.7 Å². The van der Waals surface area contributed by atoms with Crippen LogP contribution in [-0.2, 0) is 0 Å². The van der Waals surface area contributed by atoms with E-state index in [1.807, 2.05) is 24.3 Å². The highest BCUT2D eigenvalue weighted by Gasteiger charge is 1.99. The maximum Gasteiger partial charge on any atom is 0.148 e. The van der Waals surface area contributed by atoms with Gasteiger partial charge in [0.1, 0.15) is 5.82 Å². The minimum Gasteiger partial charge on any atom is -0.369 e. The van der Waals surface area contributed by atoms with Gasteiger partial charge in [0.25, 0.3) is 0 Å². The second-order valence-electron chi connectivity index (χ2n) is 3.47. The summed E-state index contributed by atoms with van der Waals surface area (Å²) in [6.45, 7) is 3.03. The van der Waals surface area contributed by atoms with Gasteiger partial charge < -0.3 is 5.32 Å². The lowest BCUT2D eigenvalue weighted by Gasteiger charge is -2.03. The van der Waals surface area contributed by atoms with Gasteiger partial charge in [-0.3, -0.25) is 4.98 Å². The number of anilines is 1. The fourth-order valence-electron chi connectivity index (χ4n) is 1.35. The fraction of sp³-hybridized carbons (Fsp3) is 0.250. The molecule has 0 spiro atoms. The summed E-state index contributed by atoms with van der Waals surface area (Å²) in [6, 6.07) is 7.74. The number of pyridine rings is 1. The van der Waals surface area contributed by atoms with Gasteiger partial charge in [-0.2, -0.15) is 0 Å². The van der Waals surface area contributed by atoms with Crippen LogP contribution in [0.25, 0.3) is 11.3 Å². The van der Waals surface area contributed by atoms with Crippen molar-refractivity contribution in [2.45, 2.75) is 13.3 Å². The molecule has 0 bridgehead atoms. The third-order valence-corrected chi connectivity index (χ3v) is 2.18. The summed E-state index contributed by atoms with van der Waals surface area (Å²) < 4.78 is 0. The van der Waals surface area contributed by atoms with E-state index in [4.69, 9.17) is 0 Å². The highest BCUT2D eigenvalue weighted by atomic mass is 15.2. The molecule has 2 heterocycles. The van der Waals surface area contributed by atoms with Crippen molar-refractivity contribution in [2.75, 3.05) is 11.9 Å². The molecule has 0 fully saturated rings. The fourth-order valence-corrected chi connectivity index (χ4v) is 1.35. The largest absolute Gasteiger partial charge is 0.369 e. The van der Waals surface area contributed by atoms with Gasteiger partial charge in [-0.05, 0) is 30.7 Å². The third kappa shape index (κ3) is 2.53. The molecule has 0 aromatic carbocycles. The molecule has 0 aliphatic heterocycles. The molecule has 0 atom stereocenters. The summed E-state index contributed by atoms with van der Waals surface area (Å²) in [4.78, 5) is 4.05. The van der Waals surface area contributed by atoms with Gasteiger partial charge in [0.05, 0.1) is 5.69 Å². The molecule has 4 nitrogen and oxygen atoms in total. The number of nitrogens with one attached hydrogen (secondary N) is 1. The van der Waals surface area contributed by atoms with E-state index >= 15 is 0 Å². The lowest BCUT2D eigenvalue weighted by Crippen LogP contribution is -2.02. The monoisotopic (exact) mass is 214 g/mol. The minimum absolute atomic E-state index is 0.814. The number of rotatable bonds is 4. The smallest absolute Gasteiger partial charge is 0.148 e. The summed E-state index contributed by atoms with van der Waals surface area (Å²) >= 11 is 0. The zero-order valence-electron chi connectivity index (χ0n) is 9.22. The molecule has 16 heavy (non-hydrogen) atoms. The first-order chi connectivity index (χ1) is 7.90. The molecular formula is C12H14N4. The van der Waals surface area contributed by atoms with Crippen LogP contribution < -0.4 is 5.32 Å². The summed E-state index contributed by atoms with van der Waals surface area (Å²) in [5.41, 5.74) is 1.83. The van der Waals surface area contributed by atoms with Crippen molar-refractivity contribution < 1.29 is 0 Å². The molecule has 2 aromatic heterocycles. The zero-order valence-corrected chi connectivity index (χ0v) is 9.22. The Labute approximate surface area is 94.8 Å². The molecule has 2 rings (SSSR count). The third-order valence-electron chi connectivity index (χ3n) is 2.18. The molecule has 2 aromatic rings. The highest BCUT2D eigenvalue weighted by Crippen LogP contribution is 2.14. The van der Waals surface area contributed by atoms with Crippen LogP contribution in [0.15, 0.2) is 36.7 Å². The SMILES string of the molecule is CCCNc1ccc(-c2cccnc2)nn1. The van der Waals surface area contributed by atoms with Crippen molar-refractivity contribution in [3.63, 3.8) is 0 Å². The summed E-state index contributed by atoms with van der Waals surface area (Å²) in [5.74, 6) is 0.814. The number of hydrogen-bond acceptors (Lipinski definition) is 4. The normalized spacial score (nSPS) is 10.1. The van der Waals surface area contributed by atoms with E-state index < -0.39 is 0 Å². The Bertz CT molecular complexity index is 425. The molecule has 0 amide bonds. The lowest BCUT2D eigenvalue weighted by molar-refractivity contribution is 0.945. The molecular weight excluding hydrogens is 200 g/mol. The first-order valence-corrected chi connectivity index (χ1v) is 5.38. The minimum atomic E-state index is 0.814. The Hall–Kier alpha value is -1.97. The molecule has 0 aliphatic rings. The second-order valence-corrected chi connectivity index (χ2v) is 3.47. The predicted octanol–water partition coefficient (Wildman–Crippen LogP) is 2.36. The van der Waals surface area contributed by atoms with Gasteiger partial charge in [-0.1, -0.05) is 6.92 Å². The first kappa shape index (κ1) is 10.5. The van der Waals surface area contributed by atoms with Gasteiger partial charge >= 0.3 is 0 Å². The van der Waals surface area contributed by atoms with E-state index in [9.17, 15) is 0 Å². The Balaban J connectivity index is 2.13. The van der Waals surface area contributed by atoms with E-state index in [-0.39, 0.29) is 0 Å². The molecule has 1 N–H and O–H groups in total. The molecule has 0 saturated heterocycles. The summed E-state index contributed by atoms with van der Waals surface area (Å²) in [5, 5.41) is 11.4. The number of nitrogens with zero attached hydrogens (tertiary/aromatic N) is 3. The quantitative estimate of drug-likeness (QED) is 0.848. The van der Waals surface area contributed by atoms with Crippen LogP contribution in [-0.4, -0.2) is 21.7 Å². The molecule has 4 heteroatoms.